The van der Waals surface area contributed by atoms with Crippen molar-refractivity contribution < 1.29 is 27.6 Å². The second kappa shape index (κ2) is 8.32. The molecule has 0 aliphatic carbocycles. The molecule has 17 heavy (non-hydrogen) atoms. The molecule has 2 rings (SSSR count). The Morgan fingerprint density at radius 2 is 1.94 bits per heavy atom. The van der Waals surface area contributed by atoms with Gasteiger partial charge in [0, 0.05) is 17.8 Å². The standard InChI is InChI=1S/C11H6F2N.CH2.ClH.Pt/c12-8-4-5-9(10(13)7-8)11-3-1-2-6-14-11;;;/h1-4,6-7H;1H2;1H;/q2*-1;;+1/p-1. The van der Waals surface area contributed by atoms with E-state index in [-0.39, 0.29) is 13.0 Å². The Labute approximate surface area is 115 Å². The third-order valence-electron chi connectivity index (χ3n) is 1.78. The van der Waals surface area contributed by atoms with Crippen molar-refractivity contribution in [1.82, 2.24) is 4.98 Å². The van der Waals surface area contributed by atoms with Crippen molar-refractivity contribution in [3.05, 3.63) is 61.7 Å². The number of hydrogen-bond acceptors (Lipinski definition) is 1. The van der Waals surface area contributed by atoms with Crippen molar-refractivity contribution in [2.24, 2.45) is 0 Å². The van der Waals surface area contributed by atoms with Crippen LogP contribution in [0.2, 0.25) is 0 Å². The van der Waals surface area contributed by atoms with Crippen LogP contribution in [0.25, 0.3) is 11.3 Å². The van der Waals surface area contributed by atoms with Gasteiger partial charge >= 0.3 is 28.2 Å². The molecular weight excluding hydrogens is 427 g/mol. The summed E-state index contributed by atoms with van der Waals surface area (Å²) >= 11 is 1.61. The fraction of sp³-hybridized carbons (Fsp3) is 0. The summed E-state index contributed by atoms with van der Waals surface area (Å²) < 4.78 is 25.8. The van der Waals surface area contributed by atoms with Crippen molar-refractivity contribution in [3.63, 3.8) is 0 Å². The van der Waals surface area contributed by atoms with Gasteiger partial charge in [0.05, 0.1) is 0 Å². The summed E-state index contributed by atoms with van der Waals surface area (Å²) in [4.78, 5) is 3.95. The fourth-order valence-electron chi connectivity index (χ4n) is 1.15. The molecule has 1 radical (unpaired) electrons. The predicted molar refractivity (Wildman–Crippen MR) is 59.6 cm³/mol. The molecule has 0 amide bonds. The quantitative estimate of drug-likeness (QED) is 0.622. The summed E-state index contributed by atoms with van der Waals surface area (Å²) in [6, 6.07) is 9.53. The number of hydrogen-bond donors (Lipinski definition) is 0. The van der Waals surface area contributed by atoms with E-state index < -0.39 is 11.6 Å². The summed E-state index contributed by atoms with van der Waals surface area (Å²) in [5.74, 6) is -1.29. The van der Waals surface area contributed by atoms with Crippen molar-refractivity contribution in [2.45, 2.75) is 0 Å². The Morgan fingerprint density at radius 3 is 2.47 bits per heavy atom. The van der Waals surface area contributed by atoms with Crippen LogP contribution in [-0.4, -0.2) is 4.98 Å². The van der Waals surface area contributed by atoms with E-state index in [0.29, 0.717) is 5.69 Å². The van der Waals surface area contributed by atoms with Gasteiger partial charge in [-0.15, -0.1) is 12.1 Å². The Morgan fingerprint density at radius 1 is 1.24 bits per heavy atom. The van der Waals surface area contributed by atoms with Gasteiger partial charge in [0.1, 0.15) is 0 Å². The van der Waals surface area contributed by atoms with Crippen LogP contribution in [0.4, 0.5) is 8.78 Å². The summed E-state index contributed by atoms with van der Waals surface area (Å²) in [5, 5.41) is 0. The molecule has 0 atom stereocenters. The van der Waals surface area contributed by atoms with Crippen LogP contribution in [0, 0.1) is 25.1 Å². The molecule has 94 valence electrons. The summed E-state index contributed by atoms with van der Waals surface area (Å²) in [7, 11) is 4.61. The van der Waals surface area contributed by atoms with E-state index in [1.54, 1.807) is 43.2 Å². The maximum atomic E-state index is 13.2. The molecule has 0 spiro atoms. The van der Waals surface area contributed by atoms with Gasteiger partial charge in [-0.3, -0.25) is 8.78 Å². The molecule has 1 heterocycles. The van der Waals surface area contributed by atoms with E-state index in [4.69, 9.17) is 0 Å². The number of halogens is 3. The molecule has 0 N–H and O–H groups in total. The van der Waals surface area contributed by atoms with Gasteiger partial charge in [-0.05, 0) is 11.8 Å². The SMILES string of the molecule is Fc1c[c-]c(-c2ccccn2)c(F)c1.[CH2-].[Cl][Pt]. The Hall–Kier alpha value is -0.792. The Bertz CT molecular complexity index is 452. The zero-order valence-electron chi connectivity index (χ0n) is 8.57. The number of nitrogens with zero attached hydrogens (tertiary/aromatic N) is 1. The zero-order valence-corrected chi connectivity index (χ0v) is 11.6. The van der Waals surface area contributed by atoms with Crippen LogP contribution >= 0.6 is 9.42 Å². The minimum atomic E-state index is -0.649. The van der Waals surface area contributed by atoms with Crippen LogP contribution in [0.3, 0.4) is 0 Å². The third kappa shape index (κ3) is 4.53. The topological polar surface area (TPSA) is 12.9 Å². The molecule has 0 aliphatic rings. The average molecular weight is 435 g/mol. The molecule has 0 saturated heterocycles. The molecule has 0 unspecified atom stereocenters. The molecule has 0 fully saturated rings. The first-order valence-corrected chi connectivity index (χ1v) is 6.99. The first-order valence-electron chi connectivity index (χ1n) is 4.17. The monoisotopic (exact) mass is 434 g/mol. The van der Waals surface area contributed by atoms with Gasteiger partial charge in [0.15, 0.2) is 0 Å². The van der Waals surface area contributed by atoms with Crippen molar-refractivity contribution in [1.29, 1.82) is 0 Å². The van der Waals surface area contributed by atoms with Gasteiger partial charge < -0.3 is 12.4 Å². The van der Waals surface area contributed by atoms with E-state index in [1.807, 2.05) is 0 Å². The number of rotatable bonds is 1. The van der Waals surface area contributed by atoms with Gasteiger partial charge in [0.25, 0.3) is 0 Å². The summed E-state index contributed by atoms with van der Waals surface area (Å²) in [6.45, 7) is 0. The summed E-state index contributed by atoms with van der Waals surface area (Å²) in [5.41, 5.74) is 0.636. The van der Waals surface area contributed by atoms with E-state index in [2.05, 4.69) is 20.5 Å². The van der Waals surface area contributed by atoms with E-state index in [0.717, 1.165) is 12.1 Å². The minimum absolute atomic E-state index is 0. The summed E-state index contributed by atoms with van der Waals surface area (Å²) in [6.07, 6.45) is 1.55. The van der Waals surface area contributed by atoms with Gasteiger partial charge in [-0.25, -0.2) is 0 Å². The molecule has 0 aliphatic heterocycles. The van der Waals surface area contributed by atoms with Crippen molar-refractivity contribution in [3.8, 4) is 11.3 Å². The second-order valence-electron chi connectivity index (χ2n) is 2.76. The van der Waals surface area contributed by atoms with E-state index >= 15 is 0 Å². The van der Waals surface area contributed by atoms with Crippen molar-refractivity contribution in [2.75, 3.05) is 0 Å². The first-order chi connectivity index (χ1) is 7.77. The average Bonchev–Trinajstić information content (AvgIpc) is 2.33. The number of aromatic nitrogens is 1. The normalized spacial score (nSPS) is 8.76. The molecular formula is C12H8ClF2NPt-2. The van der Waals surface area contributed by atoms with Crippen LogP contribution in [0.1, 0.15) is 0 Å². The molecule has 1 aromatic heterocycles. The van der Waals surface area contributed by atoms with Crippen LogP contribution < -0.4 is 0 Å². The number of benzene rings is 1. The molecule has 0 bridgehead atoms. The molecule has 1 aromatic carbocycles. The predicted octanol–water partition coefficient (Wildman–Crippen LogP) is 3.84. The van der Waals surface area contributed by atoms with Gasteiger partial charge in [-0.1, -0.05) is 23.8 Å². The third-order valence-corrected chi connectivity index (χ3v) is 1.78. The van der Waals surface area contributed by atoms with E-state index in [9.17, 15) is 8.78 Å². The Kier molecular flexibility index (Phi) is 7.93. The maximum absolute atomic E-state index is 13.2. The fourth-order valence-corrected chi connectivity index (χ4v) is 1.15. The zero-order chi connectivity index (χ0) is 12.0. The Balaban J connectivity index is 0.000000811. The van der Waals surface area contributed by atoms with Gasteiger partial charge in [0.2, 0.25) is 0 Å². The van der Waals surface area contributed by atoms with Gasteiger partial charge in [-0.2, -0.15) is 0 Å². The molecule has 0 saturated carbocycles. The van der Waals surface area contributed by atoms with Crippen LogP contribution in [-0.2, 0) is 18.8 Å². The molecule has 1 nitrogen and oxygen atoms in total. The first kappa shape index (κ1) is 16.2. The second-order valence-corrected chi connectivity index (χ2v) is 2.76. The van der Waals surface area contributed by atoms with Crippen LogP contribution in [0.5, 0.6) is 0 Å². The number of pyridine rings is 1. The van der Waals surface area contributed by atoms with E-state index in [1.165, 1.54) is 0 Å². The molecule has 5 heteroatoms. The van der Waals surface area contributed by atoms with Crippen molar-refractivity contribution >= 4 is 9.42 Å². The molecule has 2 aromatic rings. The van der Waals surface area contributed by atoms with Crippen LogP contribution in [0.15, 0.2) is 36.5 Å².